The average molecular weight is 309 g/mol. The first kappa shape index (κ1) is 14.3. The van der Waals surface area contributed by atoms with Crippen LogP contribution in [0.4, 0.5) is 0 Å². The number of hydrogen-bond donors (Lipinski definition) is 0. The predicted octanol–water partition coefficient (Wildman–Crippen LogP) is 4.42. The molecule has 0 radical (unpaired) electrons. The Balaban J connectivity index is 1.75. The number of carbonyl (C=O) groups is 1. The Labute approximate surface area is 133 Å². The van der Waals surface area contributed by atoms with Gasteiger partial charge < -0.3 is 0 Å². The monoisotopic (exact) mass is 308 g/mol. The van der Waals surface area contributed by atoms with Crippen LogP contribution in [0.3, 0.4) is 0 Å². The van der Waals surface area contributed by atoms with Crippen molar-refractivity contribution >= 4 is 23.5 Å². The molecule has 108 valence electrons. The molecule has 0 aliphatic carbocycles. The van der Waals surface area contributed by atoms with Crippen LogP contribution in [0.5, 0.6) is 0 Å². The standard InChI is InChI=1S/C18H13ClN2O/c19-16-9-7-15(8-10-16)18(22)11-6-14-12-20-21(13-14)17-4-2-1-3-5-17/h1-13H/b11-6+. The molecule has 0 amide bonds. The van der Waals surface area contributed by atoms with Crippen molar-refractivity contribution in [1.29, 1.82) is 0 Å². The van der Waals surface area contributed by atoms with Crippen molar-refractivity contribution in [2.24, 2.45) is 0 Å². The van der Waals surface area contributed by atoms with Crippen molar-refractivity contribution in [1.82, 2.24) is 9.78 Å². The van der Waals surface area contributed by atoms with E-state index in [9.17, 15) is 4.79 Å². The fraction of sp³-hybridized carbons (Fsp3) is 0. The van der Waals surface area contributed by atoms with Crippen molar-refractivity contribution in [2.75, 3.05) is 0 Å². The summed E-state index contributed by atoms with van der Waals surface area (Å²) in [6.45, 7) is 0. The van der Waals surface area contributed by atoms with E-state index < -0.39 is 0 Å². The molecule has 3 aromatic rings. The molecule has 0 saturated heterocycles. The first-order valence-corrected chi connectivity index (χ1v) is 7.18. The van der Waals surface area contributed by atoms with Crippen LogP contribution < -0.4 is 0 Å². The van der Waals surface area contributed by atoms with Gasteiger partial charge in [-0.3, -0.25) is 4.79 Å². The van der Waals surface area contributed by atoms with Crippen molar-refractivity contribution in [3.8, 4) is 5.69 Å². The van der Waals surface area contributed by atoms with Gasteiger partial charge in [0.2, 0.25) is 0 Å². The van der Waals surface area contributed by atoms with Gasteiger partial charge in [-0.25, -0.2) is 4.68 Å². The van der Waals surface area contributed by atoms with Crippen LogP contribution in [0.25, 0.3) is 11.8 Å². The zero-order valence-corrected chi connectivity index (χ0v) is 12.4. The maximum Gasteiger partial charge on any atom is 0.185 e. The molecule has 0 fully saturated rings. The highest BCUT2D eigenvalue weighted by Gasteiger charge is 2.02. The lowest BCUT2D eigenvalue weighted by Gasteiger charge is -1.98. The summed E-state index contributed by atoms with van der Waals surface area (Å²) in [5.41, 5.74) is 2.45. The normalized spacial score (nSPS) is 11.0. The van der Waals surface area contributed by atoms with Crippen LogP contribution in [-0.4, -0.2) is 15.6 Å². The Morgan fingerprint density at radius 1 is 1.05 bits per heavy atom. The van der Waals surface area contributed by atoms with Crippen molar-refractivity contribution < 1.29 is 4.79 Å². The Morgan fingerprint density at radius 3 is 2.50 bits per heavy atom. The first-order valence-electron chi connectivity index (χ1n) is 6.80. The first-order chi connectivity index (χ1) is 10.7. The van der Waals surface area contributed by atoms with Gasteiger partial charge in [0.1, 0.15) is 0 Å². The van der Waals surface area contributed by atoms with Gasteiger partial charge in [0.15, 0.2) is 5.78 Å². The smallest absolute Gasteiger partial charge is 0.185 e. The van der Waals surface area contributed by atoms with E-state index in [0.717, 1.165) is 11.3 Å². The van der Waals surface area contributed by atoms with Crippen LogP contribution in [-0.2, 0) is 0 Å². The summed E-state index contributed by atoms with van der Waals surface area (Å²) in [4.78, 5) is 12.0. The molecule has 0 bridgehead atoms. The van der Waals surface area contributed by atoms with E-state index in [1.165, 1.54) is 6.08 Å². The summed E-state index contributed by atoms with van der Waals surface area (Å²) in [5, 5.41) is 4.90. The topological polar surface area (TPSA) is 34.9 Å². The lowest BCUT2D eigenvalue weighted by Crippen LogP contribution is -1.93. The minimum atomic E-state index is -0.0656. The summed E-state index contributed by atoms with van der Waals surface area (Å²) < 4.78 is 1.77. The second-order valence-electron chi connectivity index (χ2n) is 4.76. The van der Waals surface area contributed by atoms with Crippen LogP contribution in [0.1, 0.15) is 15.9 Å². The minimum Gasteiger partial charge on any atom is -0.289 e. The maximum absolute atomic E-state index is 12.0. The van der Waals surface area contributed by atoms with Crippen LogP contribution in [0.15, 0.2) is 73.1 Å². The summed E-state index contributed by atoms with van der Waals surface area (Å²) in [5.74, 6) is -0.0656. The number of nitrogens with zero attached hydrogens (tertiary/aromatic N) is 2. The number of halogens is 1. The molecule has 0 saturated carbocycles. The van der Waals surface area contributed by atoms with Crippen molar-refractivity contribution in [2.45, 2.75) is 0 Å². The number of benzene rings is 2. The Morgan fingerprint density at radius 2 is 1.77 bits per heavy atom. The van der Waals surface area contributed by atoms with Gasteiger partial charge in [-0.2, -0.15) is 5.10 Å². The summed E-state index contributed by atoms with van der Waals surface area (Å²) in [6, 6.07) is 16.6. The van der Waals surface area contributed by atoms with E-state index in [-0.39, 0.29) is 5.78 Å². The molecule has 4 heteroatoms. The molecule has 1 aromatic heterocycles. The zero-order valence-electron chi connectivity index (χ0n) is 11.7. The quantitative estimate of drug-likeness (QED) is 0.528. The second kappa shape index (κ2) is 6.41. The van der Waals surface area contributed by atoms with E-state index in [2.05, 4.69) is 5.10 Å². The lowest BCUT2D eigenvalue weighted by atomic mass is 10.1. The van der Waals surface area contributed by atoms with Gasteiger partial charge >= 0.3 is 0 Å². The van der Waals surface area contributed by atoms with Gasteiger partial charge in [-0.05, 0) is 48.6 Å². The third-order valence-electron chi connectivity index (χ3n) is 3.18. The minimum absolute atomic E-state index is 0.0656. The summed E-state index contributed by atoms with van der Waals surface area (Å²) in [6.07, 6.45) is 6.89. The lowest BCUT2D eigenvalue weighted by molar-refractivity contribution is 0.104. The average Bonchev–Trinajstić information content (AvgIpc) is 3.03. The largest absolute Gasteiger partial charge is 0.289 e. The number of aromatic nitrogens is 2. The number of ketones is 1. The Kier molecular flexibility index (Phi) is 4.17. The molecular weight excluding hydrogens is 296 g/mol. The molecule has 3 nitrogen and oxygen atoms in total. The summed E-state index contributed by atoms with van der Waals surface area (Å²) >= 11 is 5.81. The molecule has 0 aliphatic rings. The predicted molar refractivity (Wildman–Crippen MR) is 88.4 cm³/mol. The highest BCUT2D eigenvalue weighted by atomic mass is 35.5. The third kappa shape index (κ3) is 3.32. The highest BCUT2D eigenvalue weighted by molar-refractivity contribution is 6.30. The molecule has 2 aromatic carbocycles. The van der Waals surface area contributed by atoms with E-state index in [0.29, 0.717) is 10.6 Å². The number of para-hydroxylation sites is 1. The summed E-state index contributed by atoms with van der Waals surface area (Å²) in [7, 11) is 0. The van der Waals surface area contributed by atoms with E-state index in [4.69, 9.17) is 11.6 Å². The zero-order chi connectivity index (χ0) is 15.4. The van der Waals surface area contributed by atoms with E-state index in [1.54, 1.807) is 41.2 Å². The van der Waals surface area contributed by atoms with Gasteiger partial charge in [0.25, 0.3) is 0 Å². The number of carbonyl (C=O) groups excluding carboxylic acids is 1. The van der Waals surface area contributed by atoms with Crippen molar-refractivity contribution in [3.63, 3.8) is 0 Å². The van der Waals surface area contributed by atoms with Crippen molar-refractivity contribution in [3.05, 3.63) is 89.2 Å². The molecule has 0 N–H and O–H groups in total. The Bertz CT molecular complexity index is 805. The van der Waals surface area contributed by atoms with Gasteiger partial charge in [-0.1, -0.05) is 29.8 Å². The number of rotatable bonds is 4. The molecule has 22 heavy (non-hydrogen) atoms. The maximum atomic E-state index is 12.0. The molecule has 0 aliphatic heterocycles. The Hall–Kier alpha value is -2.65. The van der Waals surface area contributed by atoms with Gasteiger partial charge in [0, 0.05) is 22.3 Å². The fourth-order valence-electron chi connectivity index (χ4n) is 2.03. The fourth-order valence-corrected chi connectivity index (χ4v) is 2.15. The molecule has 0 atom stereocenters. The SMILES string of the molecule is O=C(/C=C/c1cnn(-c2ccccc2)c1)c1ccc(Cl)cc1. The van der Waals surface area contributed by atoms with E-state index >= 15 is 0 Å². The molecular formula is C18H13ClN2O. The van der Waals surface area contributed by atoms with Gasteiger partial charge in [-0.15, -0.1) is 0 Å². The van der Waals surface area contributed by atoms with Crippen LogP contribution in [0.2, 0.25) is 5.02 Å². The van der Waals surface area contributed by atoms with E-state index in [1.807, 2.05) is 36.5 Å². The molecule has 0 spiro atoms. The van der Waals surface area contributed by atoms with Gasteiger partial charge in [0.05, 0.1) is 11.9 Å². The molecule has 3 rings (SSSR count). The van der Waals surface area contributed by atoms with Crippen LogP contribution in [0, 0.1) is 0 Å². The highest BCUT2D eigenvalue weighted by Crippen LogP contribution is 2.12. The number of hydrogen-bond acceptors (Lipinski definition) is 2. The molecule has 0 unspecified atom stereocenters. The second-order valence-corrected chi connectivity index (χ2v) is 5.19. The number of allylic oxidation sites excluding steroid dienone is 1. The third-order valence-corrected chi connectivity index (χ3v) is 3.43. The molecule has 1 heterocycles. The van der Waals surface area contributed by atoms with Crippen LogP contribution >= 0.6 is 11.6 Å².